The monoisotopic (exact) mass is 129 g/mol. The molecule has 0 saturated carbocycles. The zero-order valence-electron chi connectivity index (χ0n) is 6.15. The zero-order chi connectivity index (χ0) is 7.28. The Labute approximate surface area is 56.4 Å². The highest BCUT2D eigenvalue weighted by atomic mass is 16.3. The van der Waals surface area contributed by atoms with Crippen LogP contribution in [0.25, 0.3) is 0 Å². The molecule has 0 unspecified atom stereocenters. The molecular formula is C7H15NO. The Hall–Kier alpha value is -0.500. The standard InChI is InChI=1S/C7H15NO/c1-3-6(5-8)7(9)4-2/h9H,3-5,8H2,1-2H3/b7-6+. The molecule has 2 heteroatoms. The molecule has 0 fully saturated rings. The van der Waals surface area contributed by atoms with Gasteiger partial charge in [0.1, 0.15) is 0 Å². The zero-order valence-corrected chi connectivity index (χ0v) is 6.15. The highest BCUT2D eigenvalue weighted by Gasteiger charge is 1.96. The van der Waals surface area contributed by atoms with Crippen molar-refractivity contribution < 1.29 is 5.11 Å². The Morgan fingerprint density at radius 3 is 2.00 bits per heavy atom. The number of hydrogen-bond donors (Lipinski definition) is 2. The highest BCUT2D eigenvalue weighted by molar-refractivity contribution is 5.07. The third kappa shape index (κ3) is 2.51. The van der Waals surface area contributed by atoms with Gasteiger partial charge in [0.05, 0.1) is 5.76 Å². The summed E-state index contributed by atoms with van der Waals surface area (Å²) in [5.74, 6) is 0.458. The van der Waals surface area contributed by atoms with E-state index in [1.165, 1.54) is 0 Å². The molecule has 0 saturated heterocycles. The van der Waals surface area contributed by atoms with Crippen molar-refractivity contribution in [2.45, 2.75) is 26.7 Å². The molecule has 0 rings (SSSR count). The summed E-state index contributed by atoms with van der Waals surface area (Å²) in [6.45, 7) is 4.39. The maximum Gasteiger partial charge on any atom is 0.0924 e. The second-order valence-electron chi connectivity index (χ2n) is 1.96. The third-order valence-electron chi connectivity index (χ3n) is 1.42. The molecular weight excluding hydrogens is 114 g/mol. The molecule has 0 aliphatic heterocycles. The van der Waals surface area contributed by atoms with Crippen LogP contribution in [0.5, 0.6) is 0 Å². The molecule has 0 aromatic carbocycles. The minimum absolute atomic E-state index is 0.458. The lowest BCUT2D eigenvalue weighted by Crippen LogP contribution is -2.05. The average Bonchev–Trinajstić information content (AvgIpc) is 1.90. The maximum absolute atomic E-state index is 9.12. The fraction of sp³-hybridized carbons (Fsp3) is 0.714. The van der Waals surface area contributed by atoms with Crippen molar-refractivity contribution in [3.05, 3.63) is 11.3 Å². The highest BCUT2D eigenvalue weighted by Crippen LogP contribution is 2.06. The van der Waals surface area contributed by atoms with E-state index in [-0.39, 0.29) is 0 Å². The van der Waals surface area contributed by atoms with E-state index >= 15 is 0 Å². The van der Waals surface area contributed by atoms with Gasteiger partial charge in [-0.3, -0.25) is 0 Å². The molecule has 0 bridgehead atoms. The summed E-state index contributed by atoms with van der Waals surface area (Å²) in [6.07, 6.45) is 1.55. The summed E-state index contributed by atoms with van der Waals surface area (Å²) in [5.41, 5.74) is 6.31. The van der Waals surface area contributed by atoms with Crippen molar-refractivity contribution in [2.24, 2.45) is 5.73 Å². The Kier molecular flexibility index (Phi) is 4.14. The van der Waals surface area contributed by atoms with E-state index in [2.05, 4.69) is 0 Å². The fourth-order valence-electron chi connectivity index (χ4n) is 0.716. The van der Waals surface area contributed by atoms with Gasteiger partial charge >= 0.3 is 0 Å². The maximum atomic E-state index is 9.12. The van der Waals surface area contributed by atoms with Gasteiger partial charge in [0.2, 0.25) is 0 Å². The molecule has 0 aromatic rings. The Balaban J connectivity index is 4.01. The van der Waals surface area contributed by atoms with Crippen LogP contribution in [0.2, 0.25) is 0 Å². The van der Waals surface area contributed by atoms with Crippen LogP contribution in [-0.4, -0.2) is 11.7 Å². The van der Waals surface area contributed by atoms with Gasteiger partial charge in [0.25, 0.3) is 0 Å². The van der Waals surface area contributed by atoms with Crippen LogP contribution < -0.4 is 5.73 Å². The fourth-order valence-corrected chi connectivity index (χ4v) is 0.716. The molecule has 0 heterocycles. The van der Waals surface area contributed by atoms with Gasteiger partial charge in [-0.15, -0.1) is 0 Å². The molecule has 0 spiro atoms. The number of aliphatic hydroxyl groups is 1. The molecule has 0 atom stereocenters. The number of hydrogen-bond acceptors (Lipinski definition) is 2. The van der Waals surface area contributed by atoms with Gasteiger partial charge < -0.3 is 10.8 Å². The number of aliphatic hydroxyl groups excluding tert-OH is 1. The van der Waals surface area contributed by atoms with Crippen LogP contribution in [0.4, 0.5) is 0 Å². The largest absolute Gasteiger partial charge is 0.512 e. The van der Waals surface area contributed by atoms with Gasteiger partial charge in [0, 0.05) is 13.0 Å². The smallest absolute Gasteiger partial charge is 0.0924 e. The van der Waals surface area contributed by atoms with Crippen LogP contribution in [0.3, 0.4) is 0 Å². The molecule has 0 aromatic heterocycles. The summed E-state index contributed by atoms with van der Waals surface area (Å²) < 4.78 is 0. The molecule has 0 aliphatic carbocycles. The molecule has 2 nitrogen and oxygen atoms in total. The van der Waals surface area contributed by atoms with E-state index in [1.807, 2.05) is 13.8 Å². The van der Waals surface area contributed by atoms with Crippen molar-refractivity contribution in [1.29, 1.82) is 0 Å². The van der Waals surface area contributed by atoms with Crippen LogP contribution in [0.15, 0.2) is 11.3 Å². The second kappa shape index (κ2) is 4.39. The Morgan fingerprint density at radius 2 is 1.89 bits per heavy atom. The lowest BCUT2D eigenvalue weighted by molar-refractivity contribution is 0.384. The first-order chi connectivity index (χ1) is 4.26. The van der Waals surface area contributed by atoms with Crippen LogP contribution >= 0.6 is 0 Å². The molecule has 0 amide bonds. The predicted octanol–water partition coefficient (Wildman–Crippen LogP) is 1.58. The van der Waals surface area contributed by atoms with E-state index in [1.54, 1.807) is 0 Å². The van der Waals surface area contributed by atoms with Gasteiger partial charge in [-0.1, -0.05) is 13.8 Å². The second-order valence-corrected chi connectivity index (χ2v) is 1.96. The lowest BCUT2D eigenvalue weighted by atomic mass is 10.1. The van der Waals surface area contributed by atoms with Crippen LogP contribution in [-0.2, 0) is 0 Å². The van der Waals surface area contributed by atoms with Gasteiger partial charge in [-0.05, 0) is 12.0 Å². The molecule has 0 radical (unpaired) electrons. The van der Waals surface area contributed by atoms with Crippen molar-refractivity contribution in [2.75, 3.05) is 6.54 Å². The van der Waals surface area contributed by atoms with Crippen LogP contribution in [0.1, 0.15) is 26.7 Å². The predicted molar refractivity (Wildman–Crippen MR) is 39.3 cm³/mol. The molecule has 54 valence electrons. The van der Waals surface area contributed by atoms with E-state index < -0.39 is 0 Å². The Morgan fingerprint density at radius 1 is 1.33 bits per heavy atom. The first kappa shape index (κ1) is 8.50. The van der Waals surface area contributed by atoms with Crippen molar-refractivity contribution in [3.8, 4) is 0 Å². The normalized spacial score (nSPS) is 13.2. The summed E-state index contributed by atoms with van der Waals surface area (Å²) in [6, 6.07) is 0. The topological polar surface area (TPSA) is 46.2 Å². The number of nitrogens with two attached hydrogens (primary N) is 1. The first-order valence-electron chi connectivity index (χ1n) is 3.36. The van der Waals surface area contributed by atoms with Crippen molar-refractivity contribution in [3.63, 3.8) is 0 Å². The SMILES string of the molecule is CC/C(O)=C(/CC)CN. The number of allylic oxidation sites excluding steroid dienone is 1. The minimum atomic E-state index is 0.458. The van der Waals surface area contributed by atoms with E-state index in [0.29, 0.717) is 18.7 Å². The number of rotatable bonds is 3. The third-order valence-corrected chi connectivity index (χ3v) is 1.42. The van der Waals surface area contributed by atoms with E-state index in [4.69, 9.17) is 10.8 Å². The molecule has 0 aliphatic rings. The van der Waals surface area contributed by atoms with Gasteiger partial charge in [-0.25, -0.2) is 0 Å². The van der Waals surface area contributed by atoms with Crippen molar-refractivity contribution >= 4 is 0 Å². The summed E-state index contributed by atoms with van der Waals surface area (Å²) in [5, 5.41) is 9.12. The van der Waals surface area contributed by atoms with Crippen molar-refractivity contribution in [1.82, 2.24) is 0 Å². The van der Waals surface area contributed by atoms with Crippen LogP contribution in [0, 0.1) is 0 Å². The molecule has 3 N–H and O–H groups in total. The quantitative estimate of drug-likeness (QED) is 0.568. The van der Waals surface area contributed by atoms with E-state index in [9.17, 15) is 0 Å². The summed E-state index contributed by atoms with van der Waals surface area (Å²) >= 11 is 0. The van der Waals surface area contributed by atoms with E-state index in [0.717, 1.165) is 12.0 Å². The van der Waals surface area contributed by atoms with Gasteiger partial charge in [-0.2, -0.15) is 0 Å². The Bertz CT molecular complexity index is 101. The summed E-state index contributed by atoms with van der Waals surface area (Å²) in [4.78, 5) is 0. The lowest BCUT2D eigenvalue weighted by Gasteiger charge is -2.02. The van der Waals surface area contributed by atoms with Gasteiger partial charge in [0.15, 0.2) is 0 Å². The minimum Gasteiger partial charge on any atom is -0.512 e. The summed E-state index contributed by atoms with van der Waals surface area (Å²) in [7, 11) is 0. The molecule has 9 heavy (non-hydrogen) atoms. The first-order valence-corrected chi connectivity index (χ1v) is 3.36. The average molecular weight is 129 g/mol.